The Kier molecular flexibility index (Phi) is 40.1. The average Bonchev–Trinajstić information content (AvgIpc) is 2.98. The van der Waals surface area contributed by atoms with E-state index in [2.05, 4.69) is 25.7 Å². The van der Waals surface area contributed by atoms with E-state index in [4.69, 9.17) is 0 Å². The number of carboxylic acids is 1. The second kappa shape index (κ2) is 38.2. The van der Waals surface area contributed by atoms with Crippen LogP contribution in [0.25, 0.3) is 0 Å². The Labute approximate surface area is 284 Å². The van der Waals surface area contributed by atoms with E-state index in [1.54, 1.807) is 0 Å². The summed E-state index contributed by atoms with van der Waals surface area (Å²) in [6.45, 7) is 8.84. The molecule has 0 heterocycles. The SMILES string of the molecule is CCCCCCCCCCCCCCCCCN(CCCCCCCCCCCCCCCCC)C(CC)CC(=O)[O-].[Li+]. The zero-order chi connectivity index (χ0) is 30.8. The standard InChI is InChI=1S/C39H79NO2.Li/c1-4-7-9-11-13-15-17-19-21-23-25-27-29-31-33-35-40(38(6-3)37-39(41)42)36-34-32-30-28-26-24-22-20-18-16-14-12-10-8-5-2;/h38H,4-37H2,1-3H3,(H,41,42);/q;+1/p-1. The summed E-state index contributed by atoms with van der Waals surface area (Å²) in [4.78, 5) is 13.8. The summed E-state index contributed by atoms with van der Waals surface area (Å²) in [5.41, 5.74) is 0. The second-order valence-electron chi connectivity index (χ2n) is 13.6. The molecule has 0 aromatic heterocycles. The normalized spacial score (nSPS) is 12.1. The van der Waals surface area contributed by atoms with E-state index < -0.39 is 5.97 Å². The summed E-state index contributed by atoms with van der Waals surface area (Å²) in [5, 5.41) is 11.4. The van der Waals surface area contributed by atoms with Crippen LogP contribution in [0, 0.1) is 0 Å². The average molecular weight is 600 g/mol. The number of hydrogen-bond acceptors (Lipinski definition) is 3. The predicted molar refractivity (Wildman–Crippen MR) is 185 cm³/mol. The molecule has 0 amide bonds. The molecule has 0 radical (unpaired) electrons. The maximum Gasteiger partial charge on any atom is 1.00 e. The fourth-order valence-corrected chi connectivity index (χ4v) is 6.57. The molecule has 0 saturated carbocycles. The molecule has 0 aromatic rings. The van der Waals surface area contributed by atoms with Crippen LogP contribution < -0.4 is 24.0 Å². The number of carbonyl (C=O) groups is 1. The Hall–Kier alpha value is 0.0274. The van der Waals surface area contributed by atoms with Gasteiger partial charge in [-0.2, -0.15) is 0 Å². The summed E-state index contributed by atoms with van der Waals surface area (Å²) >= 11 is 0. The van der Waals surface area contributed by atoms with E-state index in [1.807, 2.05) is 0 Å². The molecule has 4 heteroatoms. The number of aliphatic carboxylic acids is 1. The molecular weight excluding hydrogens is 521 g/mol. The van der Waals surface area contributed by atoms with Crippen molar-refractivity contribution in [3.05, 3.63) is 0 Å². The maximum atomic E-state index is 11.4. The van der Waals surface area contributed by atoms with Crippen LogP contribution in [0.1, 0.15) is 226 Å². The van der Waals surface area contributed by atoms with Gasteiger partial charge in [-0.15, -0.1) is 0 Å². The van der Waals surface area contributed by atoms with Crippen LogP contribution in [-0.2, 0) is 4.79 Å². The van der Waals surface area contributed by atoms with Crippen LogP contribution in [0.5, 0.6) is 0 Å². The van der Waals surface area contributed by atoms with Crippen molar-refractivity contribution < 1.29 is 28.8 Å². The Morgan fingerprint density at radius 3 is 0.884 bits per heavy atom. The summed E-state index contributed by atoms with van der Waals surface area (Å²) in [7, 11) is 0. The molecule has 1 atom stereocenters. The molecule has 1 unspecified atom stereocenters. The van der Waals surface area contributed by atoms with Crippen LogP contribution in [0.3, 0.4) is 0 Å². The molecule has 0 bridgehead atoms. The van der Waals surface area contributed by atoms with E-state index in [1.165, 1.54) is 193 Å². The molecule has 0 aromatic carbocycles. The minimum Gasteiger partial charge on any atom is -0.550 e. The second-order valence-corrected chi connectivity index (χ2v) is 13.6. The number of carboxylic acid groups (broad SMARTS) is 1. The molecular formula is C39H78LiNO2. The first-order valence-electron chi connectivity index (χ1n) is 19.6. The molecule has 0 aliphatic rings. The number of nitrogens with zero attached hydrogens (tertiary/aromatic N) is 1. The van der Waals surface area contributed by atoms with Gasteiger partial charge in [0.25, 0.3) is 0 Å². The van der Waals surface area contributed by atoms with Gasteiger partial charge in [-0.3, -0.25) is 0 Å². The Balaban J connectivity index is 0. The molecule has 3 nitrogen and oxygen atoms in total. The van der Waals surface area contributed by atoms with Gasteiger partial charge in [0.15, 0.2) is 0 Å². The smallest absolute Gasteiger partial charge is 0.550 e. The minimum atomic E-state index is -0.889. The van der Waals surface area contributed by atoms with E-state index in [0.29, 0.717) is 0 Å². The van der Waals surface area contributed by atoms with Crippen molar-refractivity contribution >= 4 is 5.97 Å². The molecule has 0 aliphatic heterocycles. The van der Waals surface area contributed by atoms with Gasteiger partial charge in [-0.25, -0.2) is 0 Å². The summed E-state index contributed by atoms with van der Waals surface area (Å²) in [5.74, 6) is -0.889. The van der Waals surface area contributed by atoms with E-state index in [0.717, 1.165) is 19.5 Å². The third-order valence-electron chi connectivity index (χ3n) is 9.49. The van der Waals surface area contributed by atoms with E-state index in [9.17, 15) is 9.90 Å². The van der Waals surface area contributed by atoms with Crippen molar-refractivity contribution in [1.29, 1.82) is 0 Å². The molecule has 0 aliphatic carbocycles. The third-order valence-corrected chi connectivity index (χ3v) is 9.49. The molecule has 0 saturated heterocycles. The first kappa shape index (κ1) is 45.2. The van der Waals surface area contributed by atoms with Gasteiger partial charge in [-0.05, 0) is 32.4 Å². The fourth-order valence-electron chi connectivity index (χ4n) is 6.57. The molecule has 0 fully saturated rings. The molecule has 252 valence electrons. The zero-order valence-corrected chi connectivity index (χ0v) is 30.4. The van der Waals surface area contributed by atoms with Crippen molar-refractivity contribution in [2.45, 2.75) is 232 Å². The third kappa shape index (κ3) is 34.7. The first-order valence-corrected chi connectivity index (χ1v) is 19.6. The molecule has 0 spiro atoms. The quantitative estimate of drug-likeness (QED) is 0.0533. The van der Waals surface area contributed by atoms with E-state index in [-0.39, 0.29) is 31.3 Å². The number of carbonyl (C=O) groups excluding carboxylic acids is 1. The van der Waals surface area contributed by atoms with Crippen molar-refractivity contribution in [1.82, 2.24) is 4.90 Å². The number of rotatable bonds is 36. The molecule has 0 N–H and O–H groups in total. The molecule has 43 heavy (non-hydrogen) atoms. The van der Waals surface area contributed by atoms with Crippen LogP contribution in [0.2, 0.25) is 0 Å². The van der Waals surface area contributed by atoms with Crippen LogP contribution in [0.15, 0.2) is 0 Å². The van der Waals surface area contributed by atoms with Gasteiger partial charge in [0, 0.05) is 18.4 Å². The topological polar surface area (TPSA) is 43.4 Å². The summed E-state index contributed by atoms with van der Waals surface area (Å²) in [6.07, 6.45) is 42.7. The van der Waals surface area contributed by atoms with Crippen LogP contribution >= 0.6 is 0 Å². The predicted octanol–water partition coefficient (Wildman–Crippen LogP) is 8.95. The maximum absolute atomic E-state index is 11.4. The Morgan fingerprint density at radius 2 is 0.674 bits per heavy atom. The summed E-state index contributed by atoms with van der Waals surface area (Å²) < 4.78 is 0. The minimum absolute atomic E-state index is 0. The van der Waals surface area contributed by atoms with Crippen molar-refractivity contribution in [2.75, 3.05) is 13.1 Å². The monoisotopic (exact) mass is 600 g/mol. The van der Waals surface area contributed by atoms with Gasteiger partial charge in [-0.1, -0.05) is 201 Å². The van der Waals surface area contributed by atoms with Gasteiger partial charge in [0.2, 0.25) is 0 Å². The Bertz CT molecular complexity index is 495. The van der Waals surface area contributed by atoms with Crippen molar-refractivity contribution in [3.8, 4) is 0 Å². The number of unbranched alkanes of at least 4 members (excludes halogenated alkanes) is 28. The molecule has 0 rings (SSSR count). The van der Waals surface area contributed by atoms with Gasteiger partial charge in [0.05, 0.1) is 0 Å². The van der Waals surface area contributed by atoms with Gasteiger partial charge >= 0.3 is 18.9 Å². The van der Waals surface area contributed by atoms with Crippen LogP contribution in [-0.4, -0.2) is 30.0 Å². The zero-order valence-electron chi connectivity index (χ0n) is 30.4. The fraction of sp³-hybridized carbons (Fsp3) is 0.974. The van der Waals surface area contributed by atoms with Crippen molar-refractivity contribution in [3.63, 3.8) is 0 Å². The first-order chi connectivity index (χ1) is 20.7. The van der Waals surface area contributed by atoms with Gasteiger partial charge in [0.1, 0.15) is 0 Å². The van der Waals surface area contributed by atoms with Crippen molar-refractivity contribution in [2.24, 2.45) is 0 Å². The Morgan fingerprint density at radius 1 is 0.442 bits per heavy atom. The summed E-state index contributed by atoms with van der Waals surface area (Å²) in [6, 6.07) is 0.147. The van der Waals surface area contributed by atoms with Crippen LogP contribution in [0.4, 0.5) is 0 Å². The largest absolute Gasteiger partial charge is 1.00 e. The van der Waals surface area contributed by atoms with Gasteiger partial charge < -0.3 is 14.8 Å². The number of hydrogen-bond donors (Lipinski definition) is 0. The van der Waals surface area contributed by atoms with E-state index >= 15 is 0 Å².